The van der Waals surface area contributed by atoms with Crippen molar-refractivity contribution in [2.75, 3.05) is 13.1 Å². The Hall–Kier alpha value is -0.880. The molecular weight excluding hydrogens is 352 g/mol. The van der Waals surface area contributed by atoms with Crippen LogP contribution in [0.3, 0.4) is 0 Å². The molecule has 2 rings (SSSR count). The van der Waals surface area contributed by atoms with Crippen molar-refractivity contribution >= 4 is 39.1 Å². The van der Waals surface area contributed by atoms with Crippen LogP contribution in [0.4, 0.5) is 0 Å². The average Bonchev–Trinajstić information content (AvgIpc) is 2.84. The first kappa shape index (κ1) is 16.5. The molecule has 0 aliphatic carbocycles. The van der Waals surface area contributed by atoms with Crippen molar-refractivity contribution in [1.82, 2.24) is 10.2 Å². The first-order valence-electron chi connectivity index (χ1n) is 7.43. The van der Waals surface area contributed by atoms with Gasteiger partial charge in [0.2, 0.25) is 5.91 Å². The molecule has 0 aromatic carbocycles. The zero-order valence-corrected chi connectivity index (χ0v) is 14.6. The molecule has 2 amide bonds. The van der Waals surface area contributed by atoms with Gasteiger partial charge in [0.1, 0.15) is 6.04 Å². The van der Waals surface area contributed by atoms with Gasteiger partial charge in [-0.05, 0) is 47.8 Å². The molecule has 6 heteroatoms. The first-order valence-corrected chi connectivity index (χ1v) is 9.04. The zero-order valence-electron chi connectivity index (χ0n) is 12.2. The number of carbonyl (C=O) groups excluding carboxylic acids is 2. The molecule has 1 atom stereocenters. The van der Waals surface area contributed by atoms with Crippen LogP contribution in [0.5, 0.6) is 0 Å². The lowest BCUT2D eigenvalue weighted by Crippen LogP contribution is -2.47. The summed E-state index contributed by atoms with van der Waals surface area (Å²) >= 11 is 4.71. The van der Waals surface area contributed by atoms with Gasteiger partial charge in [-0.1, -0.05) is 19.3 Å². The molecule has 1 aliphatic rings. The normalized spacial score (nSPS) is 17.7. The predicted octanol–water partition coefficient (Wildman–Crippen LogP) is 3.42. The van der Waals surface area contributed by atoms with Gasteiger partial charge in [0.25, 0.3) is 5.91 Å². The van der Waals surface area contributed by atoms with Gasteiger partial charge in [-0.15, -0.1) is 11.3 Å². The van der Waals surface area contributed by atoms with E-state index < -0.39 is 6.04 Å². The van der Waals surface area contributed by atoms with Crippen molar-refractivity contribution in [1.29, 1.82) is 0 Å². The molecular formula is C15H21BrN2O2S. The number of hydrogen-bond donors (Lipinski definition) is 1. The Morgan fingerprint density at radius 3 is 2.38 bits per heavy atom. The van der Waals surface area contributed by atoms with Crippen molar-refractivity contribution < 1.29 is 9.59 Å². The Kier molecular flexibility index (Phi) is 6.23. The summed E-state index contributed by atoms with van der Waals surface area (Å²) < 4.78 is 0.912. The third kappa shape index (κ3) is 4.81. The van der Waals surface area contributed by atoms with E-state index in [-0.39, 0.29) is 11.8 Å². The quantitative estimate of drug-likeness (QED) is 0.883. The summed E-state index contributed by atoms with van der Waals surface area (Å²) in [5, 5.41) is 2.80. The molecule has 1 saturated heterocycles. The first-order chi connectivity index (χ1) is 10.1. The number of rotatable bonds is 3. The van der Waals surface area contributed by atoms with E-state index in [4.69, 9.17) is 0 Å². The molecule has 21 heavy (non-hydrogen) atoms. The molecule has 0 radical (unpaired) electrons. The maximum absolute atomic E-state index is 12.4. The van der Waals surface area contributed by atoms with Gasteiger partial charge in [0.05, 0.1) is 8.66 Å². The Labute approximate surface area is 138 Å². The minimum Gasteiger partial charge on any atom is -0.341 e. The van der Waals surface area contributed by atoms with Crippen LogP contribution in [0.1, 0.15) is 48.7 Å². The molecule has 116 valence electrons. The summed E-state index contributed by atoms with van der Waals surface area (Å²) in [5.41, 5.74) is 0. The Bertz CT molecular complexity index is 496. The second kappa shape index (κ2) is 7.94. The van der Waals surface area contributed by atoms with E-state index in [0.717, 1.165) is 29.7 Å². The number of nitrogens with zero attached hydrogens (tertiary/aromatic N) is 1. The van der Waals surface area contributed by atoms with Crippen molar-refractivity contribution in [3.05, 3.63) is 20.8 Å². The highest BCUT2D eigenvalue weighted by molar-refractivity contribution is 9.11. The Balaban J connectivity index is 1.90. The molecule has 0 saturated carbocycles. The maximum atomic E-state index is 12.4. The van der Waals surface area contributed by atoms with Crippen molar-refractivity contribution in [2.45, 2.75) is 45.1 Å². The molecule has 1 aromatic rings. The topological polar surface area (TPSA) is 49.4 Å². The number of halogens is 1. The molecule has 0 bridgehead atoms. The van der Waals surface area contributed by atoms with Gasteiger partial charge in [-0.25, -0.2) is 0 Å². The molecule has 0 spiro atoms. The number of hydrogen-bond acceptors (Lipinski definition) is 3. The molecule has 2 heterocycles. The van der Waals surface area contributed by atoms with Gasteiger partial charge in [-0.3, -0.25) is 9.59 Å². The van der Waals surface area contributed by atoms with E-state index in [1.54, 1.807) is 13.0 Å². The standard InChI is InChI=1S/C15H21BrN2O2S/c1-11(17-14(19)12-7-8-13(16)21-12)15(20)18-9-5-3-2-4-6-10-18/h7-8,11H,2-6,9-10H2,1H3,(H,17,19). The highest BCUT2D eigenvalue weighted by Crippen LogP contribution is 2.22. The van der Waals surface area contributed by atoms with E-state index in [1.165, 1.54) is 30.6 Å². The van der Waals surface area contributed by atoms with Crippen LogP contribution >= 0.6 is 27.3 Å². The van der Waals surface area contributed by atoms with Crippen molar-refractivity contribution in [2.24, 2.45) is 0 Å². The number of carbonyl (C=O) groups is 2. The third-order valence-corrected chi connectivity index (χ3v) is 5.31. The van der Waals surface area contributed by atoms with E-state index in [9.17, 15) is 9.59 Å². The van der Waals surface area contributed by atoms with Crippen molar-refractivity contribution in [3.63, 3.8) is 0 Å². The second-order valence-electron chi connectivity index (χ2n) is 5.39. The molecule has 1 N–H and O–H groups in total. The zero-order chi connectivity index (χ0) is 15.2. The van der Waals surface area contributed by atoms with Crippen LogP contribution in [0.15, 0.2) is 15.9 Å². The minimum atomic E-state index is -0.474. The maximum Gasteiger partial charge on any atom is 0.262 e. The van der Waals surface area contributed by atoms with Gasteiger partial charge < -0.3 is 10.2 Å². The molecule has 4 nitrogen and oxygen atoms in total. The predicted molar refractivity (Wildman–Crippen MR) is 88.6 cm³/mol. The van der Waals surface area contributed by atoms with Crippen molar-refractivity contribution in [3.8, 4) is 0 Å². The largest absolute Gasteiger partial charge is 0.341 e. The van der Waals surface area contributed by atoms with E-state index in [2.05, 4.69) is 21.2 Å². The SMILES string of the molecule is CC(NC(=O)c1ccc(Br)s1)C(=O)N1CCCCCCC1. The fraction of sp³-hybridized carbons (Fsp3) is 0.600. The van der Waals surface area contributed by atoms with Gasteiger partial charge in [-0.2, -0.15) is 0 Å². The number of amides is 2. The number of nitrogens with one attached hydrogen (secondary N) is 1. The number of likely N-dealkylation sites (tertiary alicyclic amines) is 1. The smallest absolute Gasteiger partial charge is 0.262 e. The van der Waals surface area contributed by atoms with Gasteiger partial charge in [0, 0.05) is 13.1 Å². The van der Waals surface area contributed by atoms with Crippen LogP contribution in [-0.4, -0.2) is 35.8 Å². The highest BCUT2D eigenvalue weighted by Gasteiger charge is 2.23. The van der Waals surface area contributed by atoms with E-state index in [0.29, 0.717) is 4.88 Å². The third-order valence-electron chi connectivity index (χ3n) is 3.68. The lowest BCUT2D eigenvalue weighted by molar-refractivity contribution is -0.133. The van der Waals surface area contributed by atoms with Crippen LogP contribution in [0.2, 0.25) is 0 Å². The van der Waals surface area contributed by atoms with E-state index in [1.807, 2.05) is 11.0 Å². The lowest BCUT2D eigenvalue weighted by Gasteiger charge is -2.27. The Morgan fingerprint density at radius 2 is 1.81 bits per heavy atom. The van der Waals surface area contributed by atoms with Crippen LogP contribution in [-0.2, 0) is 4.79 Å². The molecule has 1 fully saturated rings. The van der Waals surface area contributed by atoms with Crippen LogP contribution < -0.4 is 5.32 Å². The highest BCUT2D eigenvalue weighted by atomic mass is 79.9. The summed E-state index contributed by atoms with van der Waals surface area (Å²) in [7, 11) is 0. The average molecular weight is 373 g/mol. The summed E-state index contributed by atoms with van der Waals surface area (Å²) in [6, 6.07) is 3.12. The monoisotopic (exact) mass is 372 g/mol. The Morgan fingerprint density at radius 1 is 1.19 bits per heavy atom. The van der Waals surface area contributed by atoms with E-state index >= 15 is 0 Å². The second-order valence-corrected chi connectivity index (χ2v) is 7.85. The van der Waals surface area contributed by atoms with Gasteiger partial charge >= 0.3 is 0 Å². The lowest BCUT2D eigenvalue weighted by atomic mass is 10.1. The van der Waals surface area contributed by atoms with Gasteiger partial charge in [0.15, 0.2) is 0 Å². The number of thiophene rings is 1. The fourth-order valence-electron chi connectivity index (χ4n) is 2.51. The summed E-state index contributed by atoms with van der Waals surface area (Å²) in [6.07, 6.45) is 5.76. The summed E-state index contributed by atoms with van der Waals surface area (Å²) in [5.74, 6) is -0.153. The van der Waals surface area contributed by atoms with Crippen LogP contribution in [0.25, 0.3) is 0 Å². The summed E-state index contributed by atoms with van der Waals surface area (Å²) in [6.45, 7) is 3.38. The minimum absolute atomic E-state index is 0.0286. The molecule has 1 unspecified atom stereocenters. The molecule has 1 aromatic heterocycles. The fourth-order valence-corrected chi connectivity index (χ4v) is 3.80. The molecule has 1 aliphatic heterocycles. The van der Waals surface area contributed by atoms with Crippen LogP contribution in [0, 0.1) is 0 Å². The summed E-state index contributed by atoms with van der Waals surface area (Å²) in [4.78, 5) is 27.0.